The summed E-state index contributed by atoms with van der Waals surface area (Å²) in [7, 11) is 1.67. The number of hydrogen-bond donors (Lipinski definition) is 2. The third-order valence-electron chi connectivity index (χ3n) is 4.45. The predicted molar refractivity (Wildman–Crippen MR) is 74.5 cm³/mol. The average Bonchev–Trinajstić information content (AvgIpc) is 2.38. The maximum Gasteiger partial charge on any atom is 0.416 e. The molecule has 0 aliphatic heterocycles. The van der Waals surface area contributed by atoms with Gasteiger partial charge in [0, 0.05) is 13.2 Å². The minimum Gasteiger partial charge on any atom is -0.378 e. The summed E-state index contributed by atoms with van der Waals surface area (Å²) in [6.45, 7) is 1.68. The van der Waals surface area contributed by atoms with Crippen molar-refractivity contribution in [2.45, 2.75) is 50.4 Å². The molecule has 1 fully saturated rings. The Hall–Kier alpha value is -1.11. The summed E-state index contributed by atoms with van der Waals surface area (Å²) in [6.07, 6.45) is -0.636. The first-order valence-corrected chi connectivity index (χ1v) is 7.00. The molecule has 1 atom stereocenters. The first-order valence-electron chi connectivity index (χ1n) is 7.00. The fraction of sp³-hybridized carbons (Fsp3) is 0.600. The Bertz CT molecular complexity index is 493. The van der Waals surface area contributed by atoms with Gasteiger partial charge in [-0.15, -0.1) is 0 Å². The molecule has 6 heteroatoms. The second kappa shape index (κ2) is 5.94. The van der Waals surface area contributed by atoms with Gasteiger partial charge in [-0.05, 0) is 55.9 Å². The van der Waals surface area contributed by atoms with E-state index in [9.17, 15) is 13.2 Å². The molecule has 0 amide bonds. The molecule has 3 N–H and O–H groups in total. The Morgan fingerprint density at radius 1 is 1.38 bits per heavy atom. The van der Waals surface area contributed by atoms with Crippen molar-refractivity contribution in [2.75, 3.05) is 7.11 Å². The Morgan fingerprint density at radius 3 is 2.43 bits per heavy atom. The molecule has 1 unspecified atom stereocenters. The highest BCUT2D eigenvalue weighted by Crippen LogP contribution is 2.42. The van der Waals surface area contributed by atoms with Crippen LogP contribution in [0.5, 0.6) is 0 Å². The van der Waals surface area contributed by atoms with Gasteiger partial charge in [-0.2, -0.15) is 13.2 Å². The fourth-order valence-corrected chi connectivity index (χ4v) is 2.94. The van der Waals surface area contributed by atoms with E-state index in [2.05, 4.69) is 5.43 Å². The Balaban J connectivity index is 2.22. The summed E-state index contributed by atoms with van der Waals surface area (Å²) in [6, 6.07) is 3.56. The summed E-state index contributed by atoms with van der Waals surface area (Å²) in [5, 5.41) is 0. The summed E-state index contributed by atoms with van der Waals surface area (Å²) >= 11 is 0. The van der Waals surface area contributed by atoms with Crippen LogP contribution in [0.3, 0.4) is 0 Å². The molecule has 21 heavy (non-hydrogen) atoms. The normalized spacial score (nSPS) is 19.1. The maximum absolute atomic E-state index is 12.7. The van der Waals surface area contributed by atoms with E-state index in [4.69, 9.17) is 10.6 Å². The lowest BCUT2D eigenvalue weighted by atomic mass is 9.74. The van der Waals surface area contributed by atoms with Crippen LogP contribution in [0.1, 0.15) is 48.4 Å². The van der Waals surface area contributed by atoms with E-state index in [1.807, 2.05) is 0 Å². The zero-order valence-corrected chi connectivity index (χ0v) is 12.3. The number of rotatable bonds is 5. The molecule has 0 saturated heterocycles. The zero-order valence-electron chi connectivity index (χ0n) is 12.3. The molecule has 118 valence electrons. The molecule has 0 spiro atoms. The number of hydrogen-bond acceptors (Lipinski definition) is 3. The highest BCUT2D eigenvalue weighted by Gasteiger charge is 2.39. The van der Waals surface area contributed by atoms with Crippen LogP contribution in [0.4, 0.5) is 13.2 Å². The van der Waals surface area contributed by atoms with Crippen LogP contribution in [-0.2, 0) is 10.9 Å². The number of aryl methyl sites for hydroxylation is 1. The van der Waals surface area contributed by atoms with Gasteiger partial charge in [0.15, 0.2) is 0 Å². The highest BCUT2D eigenvalue weighted by molar-refractivity contribution is 5.35. The SMILES string of the molecule is COC1(CC(NN)c2ccc(C(F)(F)F)cc2C)CCC1. The number of hydrazine groups is 1. The van der Waals surface area contributed by atoms with Gasteiger partial charge in [0.2, 0.25) is 0 Å². The van der Waals surface area contributed by atoms with E-state index in [-0.39, 0.29) is 11.6 Å². The molecule has 0 radical (unpaired) electrons. The van der Waals surface area contributed by atoms with Crippen molar-refractivity contribution in [2.24, 2.45) is 5.84 Å². The lowest BCUT2D eigenvalue weighted by Gasteiger charge is -2.43. The van der Waals surface area contributed by atoms with Crippen molar-refractivity contribution in [1.82, 2.24) is 5.43 Å². The minimum absolute atomic E-state index is 0.202. The summed E-state index contributed by atoms with van der Waals surface area (Å²) in [4.78, 5) is 0. The number of ether oxygens (including phenoxy) is 1. The van der Waals surface area contributed by atoms with Crippen LogP contribution in [0.2, 0.25) is 0 Å². The molecule has 1 saturated carbocycles. The number of methoxy groups -OCH3 is 1. The van der Waals surface area contributed by atoms with Crippen molar-refractivity contribution < 1.29 is 17.9 Å². The zero-order chi connectivity index (χ0) is 15.7. The second-order valence-electron chi connectivity index (χ2n) is 5.73. The van der Waals surface area contributed by atoms with E-state index < -0.39 is 11.7 Å². The van der Waals surface area contributed by atoms with Gasteiger partial charge in [0.1, 0.15) is 0 Å². The smallest absolute Gasteiger partial charge is 0.378 e. The predicted octanol–water partition coefficient (Wildman–Crippen LogP) is 3.48. The first-order chi connectivity index (χ1) is 9.81. The number of alkyl halides is 3. The molecular formula is C15H21F3N2O. The number of benzene rings is 1. The molecule has 1 aliphatic carbocycles. The Kier molecular flexibility index (Phi) is 4.60. The van der Waals surface area contributed by atoms with Crippen LogP contribution >= 0.6 is 0 Å². The highest BCUT2D eigenvalue weighted by atomic mass is 19.4. The van der Waals surface area contributed by atoms with E-state index in [1.165, 1.54) is 12.1 Å². The lowest BCUT2D eigenvalue weighted by molar-refractivity contribution is -0.137. The third kappa shape index (κ3) is 3.39. The number of halogens is 3. The van der Waals surface area contributed by atoms with Crippen LogP contribution < -0.4 is 11.3 Å². The molecule has 0 aromatic heterocycles. The minimum atomic E-state index is -4.32. The van der Waals surface area contributed by atoms with E-state index >= 15 is 0 Å². The van der Waals surface area contributed by atoms with Crippen LogP contribution in [0, 0.1) is 6.92 Å². The van der Waals surface area contributed by atoms with Crippen molar-refractivity contribution in [1.29, 1.82) is 0 Å². The van der Waals surface area contributed by atoms with Crippen molar-refractivity contribution in [3.63, 3.8) is 0 Å². The summed E-state index contributed by atoms with van der Waals surface area (Å²) < 4.78 is 43.7. The van der Waals surface area contributed by atoms with Gasteiger partial charge in [-0.3, -0.25) is 11.3 Å². The Labute approximate surface area is 122 Å². The van der Waals surface area contributed by atoms with E-state index in [0.717, 1.165) is 30.9 Å². The van der Waals surface area contributed by atoms with Crippen molar-refractivity contribution in [3.05, 3.63) is 34.9 Å². The van der Waals surface area contributed by atoms with Crippen molar-refractivity contribution >= 4 is 0 Å². The molecule has 3 nitrogen and oxygen atoms in total. The first kappa shape index (κ1) is 16.3. The molecule has 1 aromatic carbocycles. The standard InChI is InChI=1S/C15H21F3N2O/c1-10-8-11(15(16,17)18)4-5-12(10)13(20-19)9-14(21-2)6-3-7-14/h4-5,8,13,20H,3,6-7,9,19H2,1-2H3. The van der Waals surface area contributed by atoms with Gasteiger partial charge in [-0.25, -0.2) is 0 Å². The Morgan fingerprint density at radius 2 is 2.05 bits per heavy atom. The number of nitrogens with one attached hydrogen (secondary N) is 1. The molecule has 2 rings (SSSR count). The molecule has 1 aromatic rings. The van der Waals surface area contributed by atoms with Crippen LogP contribution in [0.15, 0.2) is 18.2 Å². The van der Waals surface area contributed by atoms with Gasteiger partial charge < -0.3 is 4.74 Å². The number of nitrogens with two attached hydrogens (primary N) is 1. The monoisotopic (exact) mass is 302 g/mol. The molecule has 1 aliphatic rings. The van der Waals surface area contributed by atoms with E-state index in [0.29, 0.717) is 12.0 Å². The van der Waals surface area contributed by atoms with Crippen molar-refractivity contribution in [3.8, 4) is 0 Å². The summed E-state index contributed by atoms with van der Waals surface area (Å²) in [5.41, 5.74) is 3.25. The van der Waals surface area contributed by atoms with Crippen LogP contribution in [0.25, 0.3) is 0 Å². The van der Waals surface area contributed by atoms with Gasteiger partial charge in [-0.1, -0.05) is 6.07 Å². The largest absolute Gasteiger partial charge is 0.416 e. The second-order valence-corrected chi connectivity index (χ2v) is 5.73. The topological polar surface area (TPSA) is 47.3 Å². The average molecular weight is 302 g/mol. The maximum atomic E-state index is 12.7. The quantitative estimate of drug-likeness (QED) is 0.646. The van der Waals surface area contributed by atoms with E-state index in [1.54, 1.807) is 14.0 Å². The van der Waals surface area contributed by atoms with Gasteiger partial charge in [0.25, 0.3) is 0 Å². The lowest BCUT2D eigenvalue weighted by Crippen LogP contribution is -2.44. The molecule has 0 heterocycles. The molecule has 0 bridgehead atoms. The fourth-order valence-electron chi connectivity index (χ4n) is 2.94. The van der Waals surface area contributed by atoms with Gasteiger partial charge in [0.05, 0.1) is 11.2 Å². The van der Waals surface area contributed by atoms with Gasteiger partial charge >= 0.3 is 6.18 Å². The third-order valence-corrected chi connectivity index (χ3v) is 4.45. The summed E-state index contributed by atoms with van der Waals surface area (Å²) in [5.74, 6) is 5.61. The van der Waals surface area contributed by atoms with Crippen LogP contribution in [-0.4, -0.2) is 12.7 Å². The molecular weight excluding hydrogens is 281 g/mol.